The Bertz CT molecular complexity index is 697. The maximum Gasteiger partial charge on any atom is 0.407 e. The molecule has 0 atom stereocenters. The predicted octanol–water partition coefficient (Wildman–Crippen LogP) is 0.940. The molecule has 9 heteroatoms. The lowest BCUT2D eigenvalue weighted by Crippen LogP contribution is -2.25. The number of esters is 1. The molecule has 0 saturated carbocycles. The minimum Gasteiger partial charge on any atom is -0.459 e. The summed E-state index contributed by atoms with van der Waals surface area (Å²) < 4.78 is 35.0. The zero-order valence-electron chi connectivity index (χ0n) is 13.5. The van der Waals surface area contributed by atoms with Gasteiger partial charge >= 0.3 is 12.1 Å². The van der Waals surface area contributed by atoms with Gasteiger partial charge in [0, 0.05) is 12.1 Å². The summed E-state index contributed by atoms with van der Waals surface area (Å²) in [6.45, 7) is 4.97. The van der Waals surface area contributed by atoms with Gasteiger partial charge < -0.3 is 14.8 Å². The topological polar surface area (TPSA) is 111 Å². The van der Waals surface area contributed by atoms with Crippen LogP contribution in [0.15, 0.2) is 41.3 Å². The van der Waals surface area contributed by atoms with Crippen LogP contribution in [0.4, 0.5) is 4.79 Å². The molecule has 0 heterocycles. The molecule has 0 saturated heterocycles. The standard InChI is InChI=1S/C15H20N2O6S/c1-11(2)14(18)22-8-9-23-15(19)17-10-12-4-6-13(7-5-12)24(20,21)16-3/h4-7,16H,1,8-10H2,2-3H3,(H,17,19). The molecule has 132 valence electrons. The van der Waals surface area contributed by atoms with E-state index in [1.165, 1.54) is 26.1 Å². The van der Waals surface area contributed by atoms with Crippen molar-refractivity contribution in [1.29, 1.82) is 0 Å². The number of amides is 1. The molecule has 0 radical (unpaired) electrons. The predicted molar refractivity (Wildman–Crippen MR) is 86.6 cm³/mol. The van der Waals surface area contributed by atoms with E-state index >= 15 is 0 Å². The van der Waals surface area contributed by atoms with Gasteiger partial charge in [0.2, 0.25) is 10.0 Å². The molecule has 0 aromatic heterocycles. The van der Waals surface area contributed by atoms with Crippen molar-refractivity contribution in [3.05, 3.63) is 42.0 Å². The molecule has 2 N–H and O–H groups in total. The minimum atomic E-state index is -3.48. The van der Waals surface area contributed by atoms with Crippen LogP contribution in [0.5, 0.6) is 0 Å². The van der Waals surface area contributed by atoms with E-state index in [-0.39, 0.29) is 30.2 Å². The van der Waals surface area contributed by atoms with Crippen LogP contribution in [-0.2, 0) is 30.8 Å². The number of carbonyl (C=O) groups excluding carboxylic acids is 2. The lowest BCUT2D eigenvalue weighted by molar-refractivity contribution is -0.139. The fourth-order valence-electron chi connectivity index (χ4n) is 1.52. The van der Waals surface area contributed by atoms with Crippen LogP contribution in [0.25, 0.3) is 0 Å². The zero-order valence-corrected chi connectivity index (χ0v) is 14.3. The average molecular weight is 356 g/mol. The first-order valence-electron chi connectivity index (χ1n) is 7.02. The van der Waals surface area contributed by atoms with E-state index in [1.807, 2.05) is 0 Å². The molecule has 0 fully saturated rings. The van der Waals surface area contributed by atoms with Crippen LogP contribution < -0.4 is 10.0 Å². The number of nitrogens with one attached hydrogen (secondary N) is 2. The van der Waals surface area contributed by atoms with E-state index < -0.39 is 22.1 Å². The van der Waals surface area contributed by atoms with Crippen molar-refractivity contribution in [2.24, 2.45) is 0 Å². The van der Waals surface area contributed by atoms with Crippen molar-refractivity contribution in [1.82, 2.24) is 10.0 Å². The third-order valence-electron chi connectivity index (χ3n) is 2.84. The molecule has 1 aromatic rings. The van der Waals surface area contributed by atoms with Gasteiger partial charge in [-0.15, -0.1) is 0 Å². The Morgan fingerprint density at radius 3 is 2.25 bits per heavy atom. The largest absolute Gasteiger partial charge is 0.459 e. The van der Waals surface area contributed by atoms with Gasteiger partial charge in [0.15, 0.2) is 0 Å². The molecular formula is C15H20N2O6S. The highest BCUT2D eigenvalue weighted by atomic mass is 32.2. The van der Waals surface area contributed by atoms with Gasteiger partial charge in [-0.05, 0) is 31.7 Å². The fourth-order valence-corrected chi connectivity index (χ4v) is 2.25. The summed E-state index contributed by atoms with van der Waals surface area (Å²) >= 11 is 0. The summed E-state index contributed by atoms with van der Waals surface area (Å²) in [6.07, 6.45) is -0.673. The second kappa shape index (κ2) is 9.04. The monoisotopic (exact) mass is 356 g/mol. The Morgan fingerprint density at radius 1 is 1.12 bits per heavy atom. The van der Waals surface area contributed by atoms with E-state index in [0.29, 0.717) is 5.56 Å². The maximum absolute atomic E-state index is 11.6. The molecule has 8 nitrogen and oxygen atoms in total. The molecule has 0 aliphatic carbocycles. The lowest BCUT2D eigenvalue weighted by Gasteiger charge is -2.08. The summed E-state index contributed by atoms with van der Waals surface area (Å²) in [5, 5.41) is 2.50. The van der Waals surface area contributed by atoms with Gasteiger partial charge in [0.1, 0.15) is 13.2 Å². The number of alkyl carbamates (subject to hydrolysis) is 1. The molecule has 0 bridgehead atoms. The highest BCUT2D eigenvalue weighted by Gasteiger charge is 2.10. The Labute approximate surface area is 140 Å². The van der Waals surface area contributed by atoms with Crippen molar-refractivity contribution in [2.75, 3.05) is 20.3 Å². The first-order chi connectivity index (χ1) is 11.3. The van der Waals surface area contributed by atoms with Gasteiger partial charge in [-0.25, -0.2) is 22.7 Å². The van der Waals surface area contributed by atoms with Crippen molar-refractivity contribution >= 4 is 22.1 Å². The fraction of sp³-hybridized carbons (Fsp3) is 0.333. The van der Waals surface area contributed by atoms with Crippen molar-refractivity contribution < 1.29 is 27.5 Å². The van der Waals surface area contributed by atoms with E-state index in [0.717, 1.165) is 0 Å². The zero-order chi connectivity index (χ0) is 18.2. The van der Waals surface area contributed by atoms with E-state index in [2.05, 4.69) is 16.6 Å². The minimum absolute atomic E-state index is 0.0598. The third-order valence-corrected chi connectivity index (χ3v) is 4.27. The highest BCUT2D eigenvalue weighted by molar-refractivity contribution is 7.89. The first-order valence-corrected chi connectivity index (χ1v) is 8.50. The Balaban J connectivity index is 2.34. The van der Waals surface area contributed by atoms with Crippen molar-refractivity contribution in [3.63, 3.8) is 0 Å². The summed E-state index contributed by atoms with van der Waals surface area (Å²) in [5.41, 5.74) is 0.971. The second-order valence-corrected chi connectivity index (χ2v) is 6.64. The Morgan fingerprint density at radius 2 is 1.71 bits per heavy atom. The smallest absolute Gasteiger partial charge is 0.407 e. The highest BCUT2D eigenvalue weighted by Crippen LogP contribution is 2.09. The normalized spacial score (nSPS) is 10.8. The lowest BCUT2D eigenvalue weighted by atomic mass is 10.2. The number of carbonyl (C=O) groups is 2. The number of benzene rings is 1. The molecule has 1 rings (SSSR count). The van der Waals surface area contributed by atoms with Gasteiger partial charge in [-0.2, -0.15) is 0 Å². The Kier molecular flexibility index (Phi) is 7.40. The van der Waals surface area contributed by atoms with Gasteiger partial charge in [-0.1, -0.05) is 18.7 Å². The molecular weight excluding hydrogens is 336 g/mol. The molecule has 0 unspecified atom stereocenters. The maximum atomic E-state index is 11.6. The van der Waals surface area contributed by atoms with Crippen molar-refractivity contribution in [2.45, 2.75) is 18.4 Å². The van der Waals surface area contributed by atoms with Crippen LogP contribution in [0.3, 0.4) is 0 Å². The van der Waals surface area contributed by atoms with E-state index in [9.17, 15) is 18.0 Å². The SMILES string of the molecule is C=C(C)C(=O)OCCOC(=O)NCc1ccc(S(=O)(=O)NC)cc1. The summed E-state index contributed by atoms with van der Waals surface area (Å²) in [5.74, 6) is -0.546. The average Bonchev–Trinajstić information content (AvgIpc) is 2.56. The number of sulfonamides is 1. The van der Waals surface area contributed by atoms with Crippen LogP contribution in [0.2, 0.25) is 0 Å². The number of rotatable bonds is 8. The van der Waals surface area contributed by atoms with Crippen LogP contribution in [-0.4, -0.2) is 40.7 Å². The Hall–Kier alpha value is -2.39. The van der Waals surface area contributed by atoms with Gasteiger partial charge in [0.25, 0.3) is 0 Å². The summed E-state index contributed by atoms with van der Waals surface area (Å²) in [4.78, 5) is 22.7. The first kappa shape index (κ1) is 19.7. The van der Waals surface area contributed by atoms with E-state index in [1.54, 1.807) is 12.1 Å². The van der Waals surface area contributed by atoms with E-state index in [4.69, 9.17) is 9.47 Å². The van der Waals surface area contributed by atoms with Crippen LogP contribution in [0, 0.1) is 0 Å². The summed E-state index contributed by atoms with van der Waals surface area (Å²) in [7, 11) is -2.16. The molecule has 1 aromatic carbocycles. The molecule has 24 heavy (non-hydrogen) atoms. The molecule has 0 aliphatic heterocycles. The molecule has 0 aliphatic rings. The second-order valence-electron chi connectivity index (χ2n) is 4.76. The number of ether oxygens (including phenoxy) is 2. The van der Waals surface area contributed by atoms with Crippen LogP contribution in [0.1, 0.15) is 12.5 Å². The summed E-state index contributed by atoms with van der Waals surface area (Å²) in [6, 6.07) is 6.04. The molecule has 1 amide bonds. The van der Waals surface area contributed by atoms with Gasteiger partial charge in [0.05, 0.1) is 4.90 Å². The number of hydrogen-bond acceptors (Lipinski definition) is 6. The van der Waals surface area contributed by atoms with Gasteiger partial charge in [-0.3, -0.25) is 0 Å². The van der Waals surface area contributed by atoms with Crippen molar-refractivity contribution in [3.8, 4) is 0 Å². The molecule has 0 spiro atoms. The van der Waals surface area contributed by atoms with Crippen LogP contribution >= 0.6 is 0 Å². The quantitative estimate of drug-likeness (QED) is 0.407. The number of hydrogen-bond donors (Lipinski definition) is 2. The third kappa shape index (κ3) is 6.39.